The first-order chi connectivity index (χ1) is 12.5. The molecule has 1 aromatic carbocycles. The monoisotopic (exact) mass is 351 g/mol. The average molecular weight is 351 g/mol. The molecule has 0 aliphatic rings. The predicted molar refractivity (Wildman–Crippen MR) is 103 cm³/mol. The Hall–Kier alpha value is -2.89. The molecule has 6 heteroatoms. The van der Waals surface area contributed by atoms with Crippen LogP contribution in [0.5, 0.6) is 5.75 Å². The lowest BCUT2D eigenvalue weighted by molar-refractivity contribution is 0.269. The van der Waals surface area contributed by atoms with E-state index in [-0.39, 0.29) is 0 Å². The molecule has 0 bridgehead atoms. The molecule has 2 heterocycles. The van der Waals surface area contributed by atoms with Crippen molar-refractivity contribution in [1.29, 1.82) is 0 Å². The number of aryl methyl sites for hydroxylation is 2. The van der Waals surface area contributed by atoms with Gasteiger partial charge in [-0.15, -0.1) is 0 Å². The van der Waals surface area contributed by atoms with Crippen LogP contribution in [0.4, 0.5) is 5.82 Å². The lowest BCUT2D eigenvalue weighted by Crippen LogP contribution is -2.09. The smallest absolute Gasteiger partial charge is 0.174 e. The van der Waals surface area contributed by atoms with E-state index in [4.69, 9.17) is 4.74 Å². The molecule has 0 atom stereocenters. The average Bonchev–Trinajstić information content (AvgIpc) is 2.97. The number of ether oxygens (including phenoxy) is 1. The van der Waals surface area contributed by atoms with Crippen LogP contribution in [0.1, 0.15) is 30.8 Å². The number of nitrogens with zero attached hydrogens (tertiary/aromatic N) is 4. The normalized spacial score (nSPS) is 11.0. The van der Waals surface area contributed by atoms with Gasteiger partial charge in [0, 0.05) is 17.8 Å². The zero-order chi connectivity index (χ0) is 18.5. The van der Waals surface area contributed by atoms with E-state index >= 15 is 0 Å². The summed E-state index contributed by atoms with van der Waals surface area (Å²) >= 11 is 0. The van der Waals surface area contributed by atoms with E-state index in [1.54, 1.807) is 17.1 Å². The summed E-state index contributed by atoms with van der Waals surface area (Å²) in [5, 5.41) is 7.79. The molecule has 0 saturated heterocycles. The van der Waals surface area contributed by atoms with Crippen molar-refractivity contribution in [2.45, 2.75) is 34.2 Å². The minimum absolute atomic E-state index is 0.485. The number of hydrogen-bond acceptors (Lipinski definition) is 5. The zero-order valence-electron chi connectivity index (χ0n) is 15.7. The molecule has 6 nitrogen and oxygen atoms in total. The van der Waals surface area contributed by atoms with Gasteiger partial charge in [0.05, 0.1) is 24.7 Å². The van der Waals surface area contributed by atoms with Crippen LogP contribution < -0.4 is 10.1 Å². The summed E-state index contributed by atoms with van der Waals surface area (Å²) in [4.78, 5) is 8.91. The maximum atomic E-state index is 5.91. The van der Waals surface area contributed by atoms with Gasteiger partial charge in [-0.2, -0.15) is 5.10 Å². The Morgan fingerprint density at radius 1 is 1.15 bits per heavy atom. The maximum absolute atomic E-state index is 5.91. The van der Waals surface area contributed by atoms with Gasteiger partial charge in [0.15, 0.2) is 5.82 Å². The predicted octanol–water partition coefficient (Wildman–Crippen LogP) is 3.93. The van der Waals surface area contributed by atoms with Gasteiger partial charge in [0.1, 0.15) is 11.6 Å². The molecular formula is C20H25N5O. The summed E-state index contributed by atoms with van der Waals surface area (Å²) in [7, 11) is 0. The Bertz CT molecular complexity index is 872. The summed E-state index contributed by atoms with van der Waals surface area (Å²) in [5.41, 5.74) is 3.08. The van der Waals surface area contributed by atoms with Gasteiger partial charge in [-0.1, -0.05) is 32.0 Å². The molecule has 0 spiro atoms. The Kier molecular flexibility index (Phi) is 5.51. The standard InChI is InChI=1S/C20H25N5O/c1-14(2)13-26-18-8-6-5-7-17(18)10-22-19-11-21-12-20(23-19)25-16(4)9-15(3)24-25/h5-9,11-12,14H,10,13H2,1-4H3,(H,22,23). The minimum atomic E-state index is 0.485. The van der Waals surface area contributed by atoms with Crippen LogP contribution in [0.2, 0.25) is 0 Å². The molecule has 0 aliphatic carbocycles. The number of hydrogen-bond donors (Lipinski definition) is 1. The summed E-state index contributed by atoms with van der Waals surface area (Å²) in [6.45, 7) is 9.56. The Labute approximate surface area is 154 Å². The van der Waals surface area contributed by atoms with Crippen molar-refractivity contribution >= 4 is 5.82 Å². The summed E-state index contributed by atoms with van der Waals surface area (Å²) in [5.74, 6) is 2.79. The van der Waals surface area contributed by atoms with Gasteiger partial charge in [-0.05, 0) is 31.9 Å². The van der Waals surface area contributed by atoms with E-state index in [0.717, 1.165) is 22.7 Å². The molecule has 0 radical (unpaired) electrons. The summed E-state index contributed by atoms with van der Waals surface area (Å²) in [6, 6.07) is 10.1. The van der Waals surface area contributed by atoms with Gasteiger partial charge < -0.3 is 10.1 Å². The van der Waals surface area contributed by atoms with Crippen molar-refractivity contribution < 1.29 is 4.74 Å². The molecule has 0 saturated carbocycles. The second-order valence-corrected chi connectivity index (χ2v) is 6.77. The Morgan fingerprint density at radius 2 is 1.96 bits per heavy atom. The Balaban J connectivity index is 1.73. The first-order valence-electron chi connectivity index (χ1n) is 8.83. The Morgan fingerprint density at radius 3 is 2.69 bits per heavy atom. The molecule has 3 aromatic rings. The van der Waals surface area contributed by atoms with Crippen molar-refractivity contribution in [2.75, 3.05) is 11.9 Å². The highest BCUT2D eigenvalue weighted by atomic mass is 16.5. The summed E-state index contributed by atoms with van der Waals surface area (Å²) < 4.78 is 7.71. The van der Waals surface area contributed by atoms with Crippen LogP contribution in [-0.4, -0.2) is 26.4 Å². The number of anilines is 1. The van der Waals surface area contributed by atoms with E-state index in [0.29, 0.717) is 30.7 Å². The molecule has 26 heavy (non-hydrogen) atoms. The first kappa shape index (κ1) is 17.9. The van der Waals surface area contributed by atoms with E-state index in [1.807, 2.05) is 38.1 Å². The SMILES string of the molecule is Cc1cc(C)n(-c2cncc(NCc3ccccc3OCC(C)C)n2)n1. The fourth-order valence-electron chi connectivity index (χ4n) is 2.64. The van der Waals surface area contributed by atoms with Crippen molar-refractivity contribution in [3.63, 3.8) is 0 Å². The zero-order valence-corrected chi connectivity index (χ0v) is 15.7. The number of rotatable bonds is 7. The van der Waals surface area contributed by atoms with E-state index in [1.165, 1.54) is 0 Å². The van der Waals surface area contributed by atoms with Crippen molar-refractivity contribution in [1.82, 2.24) is 19.7 Å². The fraction of sp³-hybridized carbons (Fsp3) is 0.350. The molecule has 0 unspecified atom stereocenters. The van der Waals surface area contributed by atoms with Crippen LogP contribution in [0.3, 0.4) is 0 Å². The number of benzene rings is 1. The largest absolute Gasteiger partial charge is 0.493 e. The van der Waals surface area contributed by atoms with E-state index < -0.39 is 0 Å². The molecule has 136 valence electrons. The van der Waals surface area contributed by atoms with Crippen LogP contribution in [-0.2, 0) is 6.54 Å². The third kappa shape index (κ3) is 4.39. The molecule has 0 fully saturated rings. The lowest BCUT2D eigenvalue weighted by atomic mass is 10.2. The lowest BCUT2D eigenvalue weighted by Gasteiger charge is -2.14. The second-order valence-electron chi connectivity index (χ2n) is 6.77. The van der Waals surface area contributed by atoms with Crippen LogP contribution in [0.25, 0.3) is 5.82 Å². The van der Waals surface area contributed by atoms with E-state index in [9.17, 15) is 0 Å². The third-order valence-corrected chi connectivity index (χ3v) is 3.85. The quantitative estimate of drug-likeness (QED) is 0.699. The van der Waals surface area contributed by atoms with Crippen molar-refractivity contribution in [3.8, 4) is 11.6 Å². The van der Waals surface area contributed by atoms with Crippen LogP contribution in [0.15, 0.2) is 42.7 Å². The molecule has 0 amide bonds. The van der Waals surface area contributed by atoms with Gasteiger partial charge in [-0.25, -0.2) is 9.67 Å². The van der Waals surface area contributed by atoms with E-state index in [2.05, 4.69) is 40.3 Å². The second kappa shape index (κ2) is 7.99. The van der Waals surface area contributed by atoms with Gasteiger partial charge in [-0.3, -0.25) is 4.98 Å². The van der Waals surface area contributed by atoms with Gasteiger partial charge in [0.25, 0.3) is 0 Å². The van der Waals surface area contributed by atoms with Crippen LogP contribution >= 0.6 is 0 Å². The highest BCUT2D eigenvalue weighted by Crippen LogP contribution is 2.20. The highest BCUT2D eigenvalue weighted by Gasteiger charge is 2.08. The highest BCUT2D eigenvalue weighted by molar-refractivity contribution is 5.40. The molecular weight excluding hydrogens is 326 g/mol. The molecule has 2 aromatic heterocycles. The molecule has 3 rings (SSSR count). The number of nitrogens with one attached hydrogen (secondary N) is 1. The number of para-hydroxylation sites is 1. The van der Waals surface area contributed by atoms with Crippen molar-refractivity contribution in [3.05, 3.63) is 59.7 Å². The van der Waals surface area contributed by atoms with Crippen LogP contribution in [0, 0.1) is 19.8 Å². The summed E-state index contributed by atoms with van der Waals surface area (Å²) in [6.07, 6.45) is 3.43. The van der Waals surface area contributed by atoms with Gasteiger partial charge >= 0.3 is 0 Å². The molecule has 1 N–H and O–H groups in total. The first-order valence-corrected chi connectivity index (χ1v) is 8.83. The minimum Gasteiger partial charge on any atom is -0.493 e. The van der Waals surface area contributed by atoms with Gasteiger partial charge in [0.2, 0.25) is 0 Å². The number of aromatic nitrogens is 4. The fourth-order valence-corrected chi connectivity index (χ4v) is 2.64. The molecule has 0 aliphatic heterocycles. The maximum Gasteiger partial charge on any atom is 0.174 e. The topological polar surface area (TPSA) is 64.9 Å². The van der Waals surface area contributed by atoms with Crippen molar-refractivity contribution in [2.24, 2.45) is 5.92 Å². The third-order valence-electron chi connectivity index (χ3n) is 3.85.